The lowest BCUT2D eigenvalue weighted by Crippen LogP contribution is -2.24. The van der Waals surface area contributed by atoms with Crippen molar-refractivity contribution < 1.29 is 18.7 Å². The molecule has 0 spiro atoms. The van der Waals surface area contributed by atoms with Crippen molar-refractivity contribution in [2.45, 2.75) is 6.92 Å². The van der Waals surface area contributed by atoms with Crippen molar-refractivity contribution in [1.29, 1.82) is 0 Å². The number of nitrogens with zero attached hydrogens (tertiary/aromatic N) is 1. The van der Waals surface area contributed by atoms with Crippen LogP contribution in [0.3, 0.4) is 0 Å². The molecule has 0 heterocycles. The number of hydrogen-bond acceptors (Lipinski definition) is 5. The lowest BCUT2D eigenvalue weighted by Gasteiger charge is -2.21. The predicted octanol–water partition coefficient (Wildman–Crippen LogP) is 1.67. The first-order valence-electron chi connectivity index (χ1n) is 5.97. The molecule has 1 aromatic carbocycles. The first-order valence-corrected chi connectivity index (χ1v) is 5.97. The second-order valence-corrected chi connectivity index (χ2v) is 4.00. The van der Waals surface area contributed by atoms with Gasteiger partial charge in [-0.2, -0.15) is 0 Å². The molecule has 6 heteroatoms. The van der Waals surface area contributed by atoms with Gasteiger partial charge in [0, 0.05) is 25.9 Å². The number of nitrogens with two attached hydrogens (primary N) is 1. The van der Waals surface area contributed by atoms with Gasteiger partial charge in [0.1, 0.15) is 5.82 Å². The monoisotopic (exact) mass is 270 g/mol. The molecular weight excluding hydrogens is 251 g/mol. The zero-order chi connectivity index (χ0) is 14.4. The van der Waals surface area contributed by atoms with Crippen LogP contribution >= 0.6 is 0 Å². The van der Waals surface area contributed by atoms with Crippen molar-refractivity contribution in [3.8, 4) is 0 Å². The van der Waals surface area contributed by atoms with Crippen LogP contribution < -0.4 is 10.6 Å². The molecule has 0 bridgehead atoms. The smallest absolute Gasteiger partial charge is 0.340 e. The van der Waals surface area contributed by atoms with E-state index in [1.165, 1.54) is 13.2 Å². The minimum atomic E-state index is -0.586. The Morgan fingerprint density at radius 1 is 1.47 bits per heavy atom. The van der Waals surface area contributed by atoms with Crippen molar-refractivity contribution in [3.63, 3.8) is 0 Å². The molecule has 2 N–H and O–H groups in total. The Morgan fingerprint density at radius 2 is 2.16 bits per heavy atom. The summed E-state index contributed by atoms with van der Waals surface area (Å²) in [6.45, 7) is 3.48. The maximum Gasteiger partial charge on any atom is 0.340 e. The molecule has 5 nitrogen and oxygen atoms in total. The summed E-state index contributed by atoms with van der Waals surface area (Å²) in [7, 11) is 2.97. The van der Waals surface area contributed by atoms with Gasteiger partial charge in [-0.3, -0.25) is 0 Å². The normalized spacial score (nSPS) is 10.3. The van der Waals surface area contributed by atoms with Gasteiger partial charge in [0.2, 0.25) is 0 Å². The van der Waals surface area contributed by atoms with Crippen LogP contribution in [0.2, 0.25) is 0 Å². The van der Waals surface area contributed by atoms with Crippen LogP contribution in [0.4, 0.5) is 15.8 Å². The Hall–Kier alpha value is -1.82. The second-order valence-electron chi connectivity index (χ2n) is 4.00. The van der Waals surface area contributed by atoms with Gasteiger partial charge in [0.15, 0.2) is 0 Å². The Balaban J connectivity index is 2.96. The third-order valence-corrected chi connectivity index (χ3v) is 2.71. The van der Waals surface area contributed by atoms with E-state index in [1.54, 1.807) is 11.9 Å². The number of likely N-dealkylation sites (N-methyl/N-ethyl adjacent to an activating group) is 1. The summed E-state index contributed by atoms with van der Waals surface area (Å²) >= 11 is 0. The molecule has 0 radical (unpaired) electrons. The minimum absolute atomic E-state index is 0.0614. The molecule has 19 heavy (non-hydrogen) atoms. The van der Waals surface area contributed by atoms with E-state index in [0.717, 1.165) is 6.07 Å². The zero-order valence-corrected chi connectivity index (χ0v) is 11.4. The number of anilines is 2. The van der Waals surface area contributed by atoms with Crippen LogP contribution in [0, 0.1) is 5.82 Å². The highest BCUT2D eigenvalue weighted by Gasteiger charge is 2.16. The highest BCUT2D eigenvalue weighted by atomic mass is 19.1. The van der Waals surface area contributed by atoms with E-state index < -0.39 is 11.8 Å². The Morgan fingerprint density at radius 3 is 2.74 bits per heavy atom. The Kier molecular flexibility index (Phi) is 5.57. The topological polar surface area (TPSA) is 64.8 Å². The van der Waals surface area contributed by atoms with Gasteiger partial charge in [-0.05, 0) is 19.1 Å². The van der Waals surface area contributed by atoms with Crippen molar-refractivity contribution in [2.75, 3.05) is 44.5 Å². The van der Waals surface area contributed by atoms with Gasteiger partial charge in [-0.1, -0.05) is 0 Å². The van der Waals surface area contributed by atoms with E-state index in [1.807, 2.05) is 6.92 Å². The van der Waals surface area contributed by atoms with E-state index in [4.69, 9.17) is 10.5 Å². The van der Waals surface area contributed by atoms with Crippen LogP contribution in [0.25, 0.3) is 0 Å². The number of rotatable bonds is 6. The minimum Gasteiger partial charge on any atom is -0.465 e. The molecule has 0 atom stereocenters. The summed E-state index contributed by atoms with van der Waals surface area (Å²) in [5.41, 5.74) is 6.11. The number of halogens is 1. The maximum absolute atomic E-state index is 13.8. The largest absolute Gasteiger partial charge is 0.465 e. The SMILES string of the molecule is CCOCCN(C)c1cc(C(=O)OC)c(N)cc1F. The van der Waals surface area contributed by atoms with Crippen molar-refractivity contribution in [3.05, 3.63) is 23.5 Å². The van der Waals surface area contributed by atoms with Crippen LogP contribution in [0.5, 0.6) is 0 Å². The van der Waals surface area contributed by atoms with Gasteiger partial charge in [-0.15, -0.1) is 0 Å². The number of methoxy groups -OCH3 is 1. The first-order chi connectivity index (χ1) is 9.01. The third kappa shape index (κ3) is 3.82. The zero-order valence-electron chi connectivity index (χ0n) is 11.4. The van der Waals surface area contributed by atoms with Crippen molar-refractivity contribution in [1.82, 2.24) is 0 Å². The van der Waals surface area contributed by atoms with E-state index >= 15 is 0 Å². The molecule has 1 rings (SSSR count). The molecule has 1 aromatic rings. The molecular formula is C13H19FN2O3. The standard InChI is InChI=1S/C13H19FN2O3/c1-4-19-6-5-16(2)12-7-9(13(17)18-3)11(15)8-10(12)14/h7-8H,4-6,15H2,1-3H3. The average molecular weight is 270 g/mol. The van der Waals surface area contributed by atoms with Crippen LogP contribution in [0.15, 0.2) is 12.1 Å². The lowest BCUT2D eigenvalue weighted by atomic mass is 10.1. The molecule has 0 aliphatic heterocycles. The summed E-state index contributed by atoms with van der Waals surface area (Å²) in [6.07, 6.45) is 0. The molecule has 0 saturated heterocycles. The molecule has 0 unspecified atom stereocenters. The number of nitrogen functional groups attached to an aromatic ring is 1. The number of hydrogen-bond donors (Lipinski definition) is 1. The van der Waals surface area contributed by atoms with Gasteiger partial charge in [-0.25, -0.2) is 9.18 Å². The van der Waals surface area contributed by atoms with E-state index in [-0.39, 0.29) is 16.9 Å². The molecule has 0 fully saturated rings. The quantitative estimate of drug-likeness (QED) is 0.484. The van der Waals surface area contributed by atoms with Gasteiger partial charge in [0.25, 0.3) is 0 Å². The van der Waals surface area contributed by atoms with Crippen LogP contribution in [0.1, 0.15) is 17.3 Å². The highest BCUT2D eigenvalue weighted by molar-refractivity contribution is 5.96. The first kappa shape index (κ1) is 15.2. The fourth-order valence-corrected chi connectivity index (χ4v) is 1.62. The third-order valence-electron chi connectivity index (χ3n) is 2.71. The second kappa shape index (κ2) is 6.94. The van der Waals surface area contributed by atoms with Crippen LogP contribution in [-0.4, -0.2) is 39.9 Å². The number of benzene rings is 1. The molecule has 0 aliphatic rings. The highest BCUT2D eigenvalue weighted by Crippen LogP contribution is 2.25. The fraction of sp³-hybridized carbons (Fsp3) is 0.462. The van der Waals surface area contributed by atoms with Gasteiger partial charge < -0.3 is 20.1 Å². The molecule has 106 valence electrons. The lowest BCUT2D eigenvalue weighted by molar-refractivity contribution is 0.0602. The van der Waals surface area contributed by atoms with Gasteiger partial charge >= 0.3 is 5.97 Å². The molecule has 0 aliphatic carbocycles. The summed E-state index contributed by atoms with van der Waals surface area (Å²) in [6, 6.07) is 2.52. The van der Waals surface area contributed by atoms with E-state index in [9.17, 15) is 9.18 Å². The number of ether oxygens (including phenoxy) is 2. The molecule has 0 aromatic heterocycles. The van der Waals surface area contributed by atoms with Crippen LogP contribution in [-0.2, 0) is 9.47 Å². The average Bonchev–Trinajstić information content (AvgIpc) is 2.38. The number of esters is 1. The number of carbonyl (C=O) groups excluding carboxylic acids is 1. The number of carbonyl (C=O) groups is 1. The van der Waals surface area contributed by atoms with E-state index in [0.29, 0.717) is 19.8 Å². The maximum atomic E-state index is 13.8. The van der Waals surface area contributed by atoms with Crippen molar-refractivity contribution in [2.24, 2.45) is 0 Å². The molecule has 0 saturated carbocycles. The Labute approximate surface area is 112 Å². The Bertz CT molecular complexity index is 452. The summed E-state index contributed by atoms with van der Waals surface area (Å²) < 4.78 is 23.7. The summed E-state index contributed by atoms with van der Waals surface area (Å²) in [4.78, 5) is 13.2. The summed E-state index contributed by atoms with van der Waals surface area (Å²) in [5, 5.41) is 0. The van der Waals surface area contributed by atoms with Gasteiger partial charge in [0.05, 0.1) is 25.0 Å². The summed E-state index contributed by atoms with van der Waals surface area (Å²) in [5.74, 6) is -1.07. The van der Waals surface area contributed by atoms with Crippen molar-refractivity contribution >= 4 is 17.3 Å². The van der Waals surface area contributed by atoms with E-state index in [2.05, 4.69) is 4.74 Å². The predicted molar refractivity (Wildman–Crippen MR) is 71.9 cm³/mol. The molecule has 0 amide bonds. The fourth-order valence-electron chi connectivity index (χ4n) is 1.62.